The van der Waals surface area contributed by atoms with E-state index < -0.39 is 5.97 Å². The molecule has 3 aromatic rings. The number of aromatic carboxylic acids is 1. The molecule has 0 aliphatic carbocycles. The normalized spacial score (nSPS) is 16.9. The van der Waals surface area contributed by atoms with Gasteiger partial charge in [0, 0.05) is 19.6 Å². The number of hydrogen-bond donors (Lipinski definition) is 1. The Labute approximate surface area is 170 Å². The smallest absolute Gasteiger partial charge is 0.354 e. The Bertz CT molecular complexity index is 907. The van der Waals surface area contributed by atoms with Gasteiger partial charge in [0.15, 0.2) is 0 Å². The summed E-state index contributed by atoms with van der Waals surface area (Å²) in [5.74, 6) is -0.997. The van der Waals surface area contributed by atoms with E-state index in [1.165, 1.54) is 6.07 Å². The van der Waals surface area contributed by atoms with Crippen molar-refractivity contribution in [2.24, 2.45) is 0 Å². The van der Waals surface area contributed by atoms with E-state index in [-0.39, 0.29) is 17.9 Å². The van der Waals surface area contributed by atoms with Crippen LogP contribution in [-0.4, -0.2) is 40.2 Å². The predicted octanol–water partition coefficient (Wildman–Crippen LogP) is 4.16. The van der Waals surface area contributed by atoms with Gasteiger partial charge in [0.25, 0.3) is 0 Å². The lowest BCUT2D eigenvalue weighted by atomic mass is 10.0. The maximum absolute atomic E-state index is 11.1. The minimum absolute atomic E-state index is 0.0858. The second-order valence-electron chi connectivity index (χ2n) is 7.30. The Balaban J connectivity index is 1.44. The summed E-state index contributed by atoms with van der Waals surface area (Å²) in [5, 5.41) is 9.13. The summed E-state index contributed by atoms with van der Waals surface area (Å²) < 4.78 is 6.56. The number of hydrogen-bond acceptors (Lipinski definition) is 4. The molecule has 1 aliphatic heterocycles. The first-order valence-corrected chi connectivity index (χ1v) is 9.86. The lowest BCUT2D eigenvalue weighted by Crippen LogP contribution is -2.25. The molecule has 148 valence electrons. The lowest BCUT2D eigenvalue weighted by Gasteiger charge is -2.23. The highest BCUT2D eigenvalue weighted by molar-refractivity contribution is 5.85. The molecule has 0 bridgehead atoms. The van der Waals surface area contributed by atoms with E-state index in [0.717, 1.165) is 36.3 Å². The number of benzene rings is 2. The molecule has 0 saturated carbocycles. The Kier molecular flexibility index (Phi) is 5.98. The van der Waals surface area contributed by atoms with Gasteiger partial charge in [-0.05, 0) is 29.7 Å². The highest BCUT2D eigenvalue weighted by Crippen LogP contribution is 2.29. The second-order valence-corrected chi connectivity index (χ2v) is 7.30. The van der Waals surface area contributed by atoms with Crippen molar-refractivity contribution >= 4 is 5.97 Å². The van der Waals surface area contributed by atoms with Crippen LogP contribution in [0.5, 0.6) is 0 Å². The molecule has 0 spiro atoms. The van der Waals surface area contributed by atoms with E-state index in [4.69, 9.17) is 9.84 Å². The third-order valence-electron chi connectivity index (χ3n) is 5.17. The molecule has 1 unspecified atom stereocenters. The molecule has 1 aliphatic rings. The van der Waals surface area contributed by atoms with E-state index >= 15 is 0 Å². The largest absolute Gasteiger partial charge is 0.477 e. The van der Waals surface area contributed by atoms with Crippen LogP contribution in [-0.2, 0) is 11.3 Å². The highest BCUT2D eigenvalue weighted by atomic mass is 16.5. The molecule has 1 N–H and O–H groups in total. The Morgan fingerprint density at radius 3 is 2.28 bits per heavy atom. The number of carboxylic acid groups (broad SMARTS) is 1. The molecule has 1 fully saturated rings. The summed E-state index contributed by atoms with van der Waals surface area (Å²) in [4.78, 5) is 17.6. The molecule has 1 aromatic heterocycles. The minimum atomic E-state index is -0.997. The van der Waals surface area contributed by atoms with Crippen LogP contribution in [0.1, 0.15) is 39.8 Å². The second kappa shape index (κ2) is 8.99. The van der Waals surface area contributed by atoms with Crippen molar-refractivity contribution in [1.82, 2.24) is 9.88 Å². The SMILES string of the molecule is O=C(O)c1cccc(CN2CCC(OC(c3ccccc3)c3ccccc3)C2)n1. The molecule has 0 radical (unpaired) electrons. The van der Waals surface area contributed by atoms with Crippen molar-refractivity contribution in [2.45, 2.75) is 25.2 Å². The monoisotopic (exact) mass is 388 g/mol. The molecule has 1 atom stereocenters. The number of pyridine rings is 1. The van der Waals surface area contributed by atoms with Crippen LogP contribution in [0.3, 0.4) is 0 Å². The zero-order valence-electron chi connectivity index (χ0n) is 16.1. The molecule has 5 heteroatoms. The summed E-state index contributed by atoms with van der Waals surface area (Å²) in [6.07, 6.45) is 0.952. The van der Waals surface area contributed by atoms with Crippen LogP contribution < -0.4 is 0 Å². The maximum atomic E-state index is 11.1. The standard InChI is InChI=1S/C24H24N2O3/c27-24(28)22-13-7-12-20(25-22)16-26-15-14-21(17-26)29-23(18-8-3-1-4-9-18)19-10-5-2-6-11-19/h1-13,21,23H,14-17H2,(H,27,28). The Morgan fingerprint density at radius 2 is 1.66 bits per heavy atom. The molecule has 1 saturated heterocycles. The van der Waals surface area contributed by atoms with Gasteiger partial charge in [-0.25, -0.2) is 9.78 Å². The van der Waals surface area contributed by atoms with Gasteiger partial charge in [0.05, 0.1) is 11.8 Å². The summed E-state index contributed by atoms with van der Waals surface area (Å²) >= 11 is 0. The van der Waals surface area contributed by atoms with E-state index in [1.54, 1.807) is 6.07 Å². The third kappa shape index (κ3) is 4.88. The molecule has 0 amide bonds. The Hall–Kier alpha value is -3.02. The van der Waals surface area contributed by atoms with Crippen LogP contribution in [0.2, 0.25) is 0 Å². The molecular formula is C24H24N2O3. The summed E-state index contributed by atoms with van der Waals surface area (Å²) in [5.41, 5.74) is 3.15. The van der Waals surface area contributed by atoms with E-state index in [0.29, 0.717) is 6.54 Å². The first kappa shape index (κ1) is 19.3. The molecule has 2 aromatic carbocycles. The van der Waals surface area contributed by atoms with Gasteiger partial charge >= 0.3 is 5.97 Å². The van der Waals surface area contributed by atoms with Gasteiger partial charge in [0.1, 0.15) is 11.8 Å². The van der Waals surface area contributed by atoms with Gasteiger partial charge < -0.3 is 9.84 Å². The van der Waals surface area contributed by atoms with Gasteiger partial charge in [-0.15, -0.1) is 0 Å². The fraction of sp³-hybridized carbons (Fsp3) is 0.250. The molecule has 4 rings (SSSR count). The van der Waals surface area contributed by atoms with Gasteiger partial charge in [-0.2, -0.15) is 0 Å². The fourth-order valence-corrected chi connectivity index (χ4v) is 3.77. The number of nitrogens with zero attached hydrogens (tertiary/aromatic N) is 2. The van der Waals surface area contributed by atoms with Crippen molar-refractivity contribution < 1.29 is 14.6 Å². The predicted molar refractivity (Wildman–Crippen MR) is 111 cm³/mol. The van der Waals surface area contributed by atoms with Gasteiger partial charge in [0.2, 0.25) is 0 Å². The van der Waals surface area contributed by atoms with E-state index in [1.807, 2.05) is 42.5 Å². The van der Waals surface area contributed by atoms with E-state index in [9.17, 15) is 4.79 Å². The minimum Gasteiger partial charge on any atom is -0.477 e. The van der Waals surface area contributed by atoms with E-state index in [2.05, 4.69) is 34.1 Å². The van der Waals surface area contributed by atoms with Gasteiger partial charge in [-0.3, -0.25) is 4.90 Å². The first-order valence-electron chi connectivity index (χ1n) is 9.86. The lowest BCUT2D eigenvalue weighted by molar-refractivity contribution is 0.0138. The Morgan fingerprint density at radius 1 is 1.00 bits per heavy atom. The van der Waals surface area contributed by atoms with Crippen LogP contribution in [0, 0.1) is 0 Å². The zero-order chi connectivity index (χ0) is 20.1. The fourth-order valence-electron chi connectivity index (χ4n) is 3.77. The van der Waals surface area contributed by atoms with Crippen molar-refractivity contribution in [3.63, 3.8) is 0 Å². The van der Waals surface area contributed by atoms with Crippen molar-refractivity contribution in [1.29, 1.82) is 0 Å². The highest BCUT2D eigenvalue weighted by Gasteiger charge is 2.27. The average Bonchev–Trinajstić information content (AvgIpc) is 3.20. The number of ether oxygens (including phenoxy) is 1. The topological polar surface area (TPSA) is 62.7 Å². The maximum Gasteiger partial charge on any atom is 0.354 e. The summed E-state index contributed by atoms with van der Waals surface area (Å²) in [6.45, 7) is 2.33. The summed E-state index contributed by atoms with van der Waals surface area (Å²) in [7, 11) is 0. The number of carboxylic acids is 1. The average molecular weight is 388 g/mol. The summed E-state index contributed by atoms with van der Waals surface area (Å²) in [6, 6.07) is 25.7. The van der Waals surface area contributed by atoms with Crippen LogP contribution in [0.4, 0.5) is 0 Å². The molecule has 2 heterocycles. The number of likely N-dealkylation sites (tertiary alicyclic amines) is 1. The molecular weight excluding hydrogens is 364 g/mol. The van der Waals surface area contributed by atoms with Crippen LogP contribution >= 0.6 is 0 Å². The third-order valence-corrected chi connectivity index (χ3v) is 5.17. The molecule has 5 nitrogen and oxygen atoms in total. The number of rotatable bonds is 7. The van der Waals surface area contributed by atoms with Gasteiger partial charge in [-0.1, -0.05) is 66.7 Å². The van der Waals surface area contributed by atoms with Crippen molar-refractivity contribution in [3.05, 3.63) is 101 Å². The quantitative estimate of drug-likeness (QED) is 0.658. The van der Waals surface area contributed by atoms with Crippen molar-refractivity contribution in [2.75, 3.05) is 13.1 Å². The zero-order valence-corrected chi connectivity index (χ0v) is 16.1. The van der Waals surface area contributed by atoms with Crippen LogP contribution in [0.25, 0.3) is 0 Å². The number of carbonyl (C=O) groups is 1. The van der Waals surface area contributed by atoms with Crippen LogP contribution in [0.15, 0.2) is 78.9 Å². The molecule has 29 heavy (non-hydrogen) atoms. The first-order chi connectivity index (χ1) is 14.2. The van der Waals surface area contributed by atoms with Crippen molar-refractivity contribution in [3.8, 4) is 0 Å². The number of aromatic nitrogens is 1.